The molecule has 0 saturated carbocycles. The molecule has 1 aromatic rings. The fraction of sp³-hybridized carbons (Fsp3) is 0.667. The number of halogens is 3. The van der Waals surface area contributed by atoms with Gasteiger partial charge in [0.25, 0.3) is 0 Å². The van der Waals surface area contributed by atoms with E-state index >= 15 is 0 Å². The SMILES string of the molecule is Cc1nn(CC(F)(F)F)c(C)c1CC(=O)N1CCCC1CC(=O)O. The maximum atomic E-state index is 12.6. The molecule has 6 nitrogen and oxygen atoms in total. The Morgan fingerprint density at radius 3 is 2.58 bits per heavy atom. The van der Waals surface area contributed by atoms with Crippen molar-refractivity contribution in [3.63, 3.8) is 0 Å². The van der Waals surface area contributed by atoms with Gasteiger partial charge in [0.2, 0.25) is 5.91 Å². The summed E-state index contributed by atoms with van der Waals surface area (Å²) >= 11 is 0. The molecule has 1 atom stereocenters. The van der Waals surface area contributed by atoms with Gasteiger partial charge in [-0.2, -0.15) is 18.3 Å². The zero-order valence-corrected chi connectivity index (χ0v) is 13.6. The van der Waals surface area contributed by atoms with Crippen LogP contribution in [0.1, 0.15) is 36.2 Å². The van der Waals surface area contributed by atoms with Crippen LogP contribution in [0.4, 0.5) is 13.2 Å². The molecule has 1 aliphatic rings. The number of alkyl halides is 3. The summed E-state index contributed by atoms with van der Waals surface area (Å²) in [7, 11) is 0. The monoisotopic (exact) mass is 347 g/mol. The quantitative estimate of drug-likeness (QED) is 0.885. The molecule has 2 rings (SSSR count). The summed E-state index contributed by atoms with van der Waals surface area (Å²) in [5.74, 6) is -1.23. The van der Waals surface area contributed by atoms with E-state index in [0.29, 0.717) is 29.9 Å². The van der Waals surface area contributed by atoms with Gasteiger partial charge in [-0.1, -0.05) is 0 Å². The van der Waals surface area contributed by atoms with Gasteiger partial charge in [0.15, 0.2) is 0 Å². The Bertz CT molecular complexity index is 640. The highest BCUT2D eigenvalue weighted by Gasteiger charge is 2.33. The Labute approximate surface area is 137 Å². The number of hydrogen-bond donors (Lipinski definition) is 1. The predicted octanol–water partition coefficient (Wildman–Crippen LogP) is 2.07. The molecule has 24 heavy (non-hydrogen) atoms. The maximum absolute atomic E-state index is 12.6. The van der Waals surface area contributed by atoms with Gasteiger partial charge < -0.3 is 10.0 Å². The molecule has 1 fully saturated rings. The van der Waals surface area contributed by atoms with Crippen LogP contribution in [0.25, 0.3) is 0 Å². The predicted molar refractivity (Wildman–Crippen MR) is 78.4 cm³/mol. The lowest BCUT2D eigenvalue weighted by Crippen LogP contribution is -2.38. The van der Waals surface area contributed by atoms with Crippen LogP contribution >= 0.6 is 0 Å². The zero-order chi connectivity index (χ0) is 18.1. The van der Waals surface area contributed by atoms with Crippen molar-refractivity contribution in [1.29, 1.82) is 0 Å². The molecule has 1 N–H and O–H groups in total. The summed E-state index contributed by atoms with van der Waals surface area (Å²) in [4.78, 5) is 24.9. The lowest BCUT2D eigenvalue weighted by atomic mass is 10.1. The molecule has 0 aromatic carbocycles. The van der Waals surface area contributed by atoms with Gasteiger partial charge in [-0.05, 0) is 26.7 Å². The number of carbonyl (C=O) groups is 2. The van der Waals surface area contributed by atoms with Crippen molar-refractivity contribution in [2.24, 2.45) is 0 Å². The van der Waals surface area contributed by atoms with Crippen LogP contribution in [-0.4, -0.2) is 50.4 Å². The molecule has 2 heterocycles. The van der Waals surface area contributed by atoms with E-state index in [1.54, 1.807) is 6.92 Å². The maximum Gasteiger partial charge on any atom is 0.408 e. The Morgan fingerprint density at radius 1 is 1.33 bits per heavy atom. The van der Waals surface area contributed by atoms with Crippen molar-refractivity contribution in [1.82, 2.24) is 14.7 Å². The number of nitrogens with zero attached hydrogens (tertiary/aromatic N) is 3. The summed E-state index contributed by atoms with van der Waals surface area (Å²) in [5.41, 5.74) is 1.18. The lowest BCUT2D eigenvalue weighted by Gasteiger charge is -2.23. The lowest BCUT2D eigenvalue weighted by molar-refractivity contribution is -0.143. The smallest absolute Gasteiger partial charge is 0.408 e. The summed E-state index contributed by atoms with van der Waals surface area (Å²) in [6.45, 7) is 2.36. The molecule has 0 aliphatic carbocycles. The first-order chi connectivity index (χ1) is 11.1. The number of hydrogen-bond acceptors (Lipinski definition) is 3. The fourth-order valence-corrected chi connectivity index (χ4v) is 3.14. The van der Waals surface area contributed by atoms with E-state index in [-0.39, 0.29) is 24.8 Å². The second kappa shape index (κ2) is 6.82. The van der Waals surface area contributed by atoms with E-state index in [1.807, 2.05) is 0 Å². The van der Waals surface area contributed by atoms with Gasteiger partial charge in [-0.3, -0.25) is 14.3 Å². The number of carboxylic acids is 1. The average Bonchev–Trinajstić information content (AvgIpc) is 2.97. The third kappa shape index (κ3) is 4.27. The fourth-order valence-electron chi connectivity index (χ4n) is 3.14. The molecule has 134 valence electrons. The van der Waals surface area contributed by atoms with E-state index in [4.69, 9.17) is 5.11 Å². The summed E-state index contributed by atoms with van der Waals surface area (Å²) in [6.07, 6.45) is -3.20. The Kier molecular flexibility index (Phi) is 5.19. The molecule has 9 heteroatoms. The Morgan fingerprint density at radius 2 is 2.00 bits per heavy atom. The van der Waals surface area contributed by atoms with Gasteiger partial charge in [0.05, 0.1) is 18.5 Å². The normalized spacial score (nSPS) is 18.2. The number of carbonyl (C=O) groups excluding carboxylic acids is 1. The molecule has 0 bridgehead atoms. The molecule has 1 amide bonds. The molecule has 1 aliphatic heterocycles. The van der Waals surface area contributed by atoms with Crippen LogP contribution in [0.2, 0.25) is 0 Å². The number of carboxylic acid groups (broad SMARTS) is 1. The summed E-state index contributed by atoms with van der Waals surface area (Å²) in [6, 6.07) is -0.346. The Balaban J connectivity index is 2.13. The van der Waals surface area contributed by atoms with Gasteiger partial charge >= 0.3 is 12.1 Å². The topological polar surface area (TPSA) is 75.4 Å². The molecule has 1 aromatic heterocycles. The largest absolute Gasteiger partial charge is 0.481 e. The van der Waals surface area contributed by atoms with E-state index in [9.17, 15) is 22.8 Å². The van der Waals surface area contributed by atoms with Crippen molar-refractivity contribution in [3.8, 4) is 0 Å². The van der Waals surface area contributed by atoms with Gasteiger partial charge in [0, 0.05) is 23.8 Å². The van der Waals surface area contributed by atoms with Crippen LogP contribution in [-0.2, 0) is 22.6 Å². The second-order valence-corrected chi connectivity index (χ2v) is 6.08. The van der Waals surface area contributed by atoms with Gasteiger partial charge in [0.1, 0.15) is 6.54 Å². The second-order valence-electron chi connectivity index (χ2n) is 6.08. The van der Waals surface area contributed by atoms with E-state index in [1.165, 1.54) is 11.8 Å². The number of rotatable bonds is 5. The average molecular weight is 347 g/mol. The molecule has 1 saturated heterocycles. The molecule has 0 spiro atoms. The number of likely N-dealkylation sites (tertiary alicyclic amines) is 1. The van der Waals surface area contributed by atoms with E-state index < -0.39 is 18.7 Å². The van der Waals surface area contributed by atoms with Gasteiger partial charge in [-0.15, -0.1) is 0 Å². The third-order valence-electron chi connectivity index (χ3n) is 4.30. The first-order valence-corrected chi connectivity index (χ1v) is 7.69. The molecular formula is C15H20F3N3O3. The van der Waals surface area contributed by atoms with Crippen LogP contribution in [0, 0.1) is 13.8 Å². The molecule has 1 unspecified atom stereocenters. The highest BCUT2D eigenvalue weighted by Crippen LogP contribution is 2.24. The number of aliphatic carboxylic acids is 1. The Hall–Kier alpha value is -2.06. The number of aryl methyl sites for hydroxylation is 1. The van der Waals surface area contributed by atoms with Crippen molar-refractivity contribution < 1.29 is 27.9 Å². The number of amides is 1. The van der Waals surface area contributed by atoms with E-state index in [2.05, 4.69) is 5.10 Å². The highest BCUT2D eigenvalue weighted by atomic mass is 19.4. The van der Waals surface area contributed by atoms with Crippen LogP contribution in [0.3, 0.4) is 0 Å². The minimum atomic E-state index is -4.38. The van der Waals surface area contributed by atoms with Crippen LogP contribution in [0.15, 0.2) is 0 Å². The van der Waals surface area contributed by atoms with Crippen molar-refractivity contribution in [2.45, 2.75) is 58.3 Å². The highest BCUT2D eigenvalue weighted by molar-refractivity contribution is 5.80. The van der Waals surface area contributed by atoms with Gasteiger partial charge in [-0.25, -0.2) is 0 Å². The standard InChI is InChI=1S/C15H20F3N3O3/c1-9-12(10(2)21(19-9)8-15(16,17)18)7-13(22)20-5-3-4-11(20)6-14(23)24/h11H,3-8H2,1-2H3,(H,23,24). The van der Waals surface area contributed by atoms with Crippen molar-refractivity contribution >= 4 is 11.9 Å². The van der Waals surface area contributed by atoms with Crippen molar-refractivity contribution in [3.05, 3.63) is 17.0 Å². The first kappa shape index (κ1) is 18.3. The molecule has 0 radical (unpaired) electrons. The third-order valence-corrected chi connectivity index (χ3v) is 4.30. The minimum absolute atomic E-state index is 0.0638. The van der Waals surface area contributed by atoms with Crippen LogP contribution in [0.5, 0.6) is 0 Å². The minimum Gasteiger partial charge on any atom is -0.481 e. The van der Waals surface area contributed by atoms with Crippen LogP contribution < -0.4 is 0 Å². The first-order valence-electron chi connectivity index (χ1n) is 7.69. The number of aromatic nitrogens is 2. The zero-order valence-electron chi connectivity index (χ0n) is 13.6. The van der Waals surface area contributed by atoms with E-state index in [0.717, 1.165) is 11.1 Å². The molecular weight excluding hydrogens is 327 g/mol. The summed E-state index contributed by atoms with van der Waals surface area (Å²) in [5, 5.41) is 12.8. The summed E-state index contributed by atoms with van der Waals surface area (Å²) < 4.78 is 38.5. The van der Waals surface area contributed by atoms with Crippen molar-refractivity contribution in [2.75, 3.05) is 6.54 Å².